The summed E-state index contributed by atoms with van der Waals surface area (Å²) in [6.07, 6.45) is 15.8. The number of piperidine rings is 1. The van der Waals surface area contributed by atoms with Crippen LogP contribution in [0.15, 0.2) is 12.5 Å². The molecule has 4 heteroatoms. The predicted octanol–water partition coefficient (Wildman–Crippen LogP) is 3.54. The third kappa shape index (κ3) is 2.84. The van der Waals surface area contributed by atoms with Gasteiger partial charge in [-0.2, -0.15) is 11.8 Å². The van der Waals surface area contributed by atoms with Gasteiger partial charge in [0, 0.05) is 23.5 Å². The summed E-state index contributed by atoms with van der Waals surface area (Å²) in [6.45, 7) is 1.16. The highest BCUT2D eigenvalue weighted by Gasteiger charge is 2.29. The van der Waals surface area contributed by atoms with E-state index in [1.807, 2.05) is 11.8 Å². The van der Waals surface area contributed by atoms with Crippen LogP contribution < -0.4 is 5.32 Å². The van der Waals surface area contributed by atoms with Crippen molar-refractivity contribution >= 4 is 11.8 Å². The number of rotatable bonds is 3. The fourth-order valence-corrected chi connectivity index (χ4v) is 4.62. The third-order valence-corrected chi connectivity index (χ3v) is 5.85. The Hall–Kier alpha value is -0.480. The molecule has 1 aliphatic heterocycles. The van der Waals surface area contributed by atoms with Crippen LogP contribution in [0.3, 0.4) is 0 Å². The maximum Gasteiger partial charge on any atom is 0.0951 e. The minimum absolute atomic E-state index is 0.528. The molecule has 1 aromatic heterocycles. The van der Waals surface area contributed by atoms with Crippen molar-refractivity contribution in [1.29, 1.82) is 0 Å². The first kappa shape index (κ1) is 13.5. The van der Waals surface area contributed by atoms with E-state index in [9.17, 15) is 0 Å². The monoisotopic (exact) mass is 279 g/mol. The van der Waals surface area contributed by atoms with Gasteiger partial charge < -0.3 is 9.88 Å². The van der Waals surface area contributed by atoms with E-state index < -0.39 is 0 Å². The number of hydrogen-bond acceptors (Lipinski definition) is 3. The van der Waals surface area contributed by atoms with E-state index in [4.69, 9.17) is 0 Å². The first-order valence-corrected chi connectivity index (χ1v) is 8.97. The number of aromatic nitrogens is 2. The molecule has 3 unspecified atom stereocenters. The lowest BCUT2D eigenvalue weighted by molar-refractivity contribution is 0.331. The highest BCUT2D eigenvalue weighted by atomic mass is 32.2. The SMILES string of the molecule is CSC1CCCCC1n1cncc1C1CCCCN1. The number of hydrogen-bond donors (Lipinski definition) is 1. The van der Waals surface area contributed by atoms with Crippen molar-refractivity contribution in [2.24, 2.45) is 0 Å². The number of thioether (sulfide) groups is 1. The largest absolute Gasteiger partial charge is 0.329 e. The Balaban J connectivity index is 1.81. The lowest BCUT2D eigenvalue weighted by Crippen LogP contribution is -2.32. The van der Waals surface area contributed by atoms with Crippen LogP contribution in [0.2, 0.25) is 0 Å². The Morgan fingerprint density at radius 1 is 1.21 bits per heavy atom. The van der Waals surface area contributed by atoms with Crippen LogP contribution >= 0.6 is 11.8 Å². The van der Waals surface area contributed by atoms with Gasteiger partial charge in [-0.25, -0.2) is 4.98 Å². The second kappa shape index (κ2) is 6.31. The highest BCUT2D eigenvalue weighted by Crippen LogP contribution is 2.37. The molecule has 3 atom stereocenters. The number of imidazole rings is 1. The van der Waals surface area contributed by atoms with Crippen molar-refractivity contribution in [3.8, 4) is 0 Å². The summed E-state index contributed by atoms with van der Waals surface area (Å²) < 4.78 is 2.49. The molecule has 2 heterocycles. The van der Waals surface area contributed by atoms with Gasteiger partial charge in [0.2, 0.25) is 0 Å². The van der Waals surface area contributed by atoms with Gasteiger partial charge in [-0.1, -0.05) is 19.3 Å². The smallest absolute Gasteiger partial charge is 0.0951 e. The van der Waals surface area contributed by atoms with Crippen LogP contribution in [0, 0.1) is 0 Å². The lowest BCUT2D eigenvalue weighted by atomic mass is 9.93. The Morgan fingerprint density at radius 3 is 2.84 bits per heavy atom. The molecule has 1 aliphatic carbocycles. The summed E-state index contributed by atoms with van der Waals surface area (Å²) >= 11 is 2.04. The molecular formula is C15H25N3S. The molecular weight excluding hydrogens is 254 g/mol. The molecule has 2 aliphatic rings. The second-order valence-corrected chi connectivity index (χ2v) is 6.93. The average Bonchev–Trinajstić information content (AvgIpc) is 2.97. The van der Waals surface area contributed by atoms with Crippen molar-refractivity contribution in [2.75, 3.05) is 12.8 Å². The third-order valence-electron chi connectivity index (χ3n) is 4.69. The summed E-state index contributed by atoms with van der Waals surface area (Å²) in [4.78, 5) is 4.45. The van der Waals surface area contributed by atoms with E-state index in [1.54, 1.807) is 0 Å². The van der Waals surface area contributed by atoms with Gasteiger partial charge in [0.15, 0.2) is 0 Å². The van der Waals surface area contributed by atoms with Gasteiger partial charge >= 0.3 is 0 Å². The molecule has 3 nitrogen and oxygen atoms in total. The molecule has 0 amide bonds. The highest BCUT2D eigenvalue weighted by molar-refractivity contribution is 7.99. The maximum absolute atomic E-state index is 4.45. The second-order valence-electron chi connectivity index (χ2n) is 5.85. The zero-order valence-corrected chi connectivity index (χ0v) is 12.7. The molecule has 1 saturated heterocycles. The Kier molecular flexibility index (Phi) is 4.49. The Bertz CT molecular complexity index is 398. The van der Waals surface area contributed by atoms with Gasteiger partial charge in [0.05, 0.1) is 12.0 Å². The lowest BCUT2D eigenvalue weighted by Gasteiger charge is -2.34. The summed E-state index contributed by atoms with van der Waals surface area (Å²) in [7, 11) is 0. The summed E-state index contributed by atoms with van der Waals surface area (Å²) in [5.74, 6) is 0. The minimum atomic E-state index is 0.528. The molecule has 19 heavy (non-hydrogen) atoms. The number of nitrogens with one attached hydrogen (secondary N) is 1. The molecule has 3 rings (SSSR count). The first-order chi connectivity index (χ1) is 9.40. The molecule has 0 spiro atoms. The summed E-state index contributed by atoms with van der Waals surface area (Å²) in [5, 5.41) is 4.43. The summed E-state index contributed by atoms with van der Waals surface area (Å²) in [6, 6.07) is 1.19. The van der Waals surface area contributed by atoms with E-state index in [-0.39, 0.29) is 0 Å². The van der Waals surface area contributed by atoms with Gasteiger partial charge in [-0.05, 0) is 38.5 Å². The average molecular weight is 279 g/mol. The normalized spacial score (nSPS) is 32.4. The Labute approximate surface area is 120 Å². The molecule has 1 aromatic rings. The van der Waals surface area contributed by atoms with Crippen molar-refractivity contribution in [3.05, 3.63) is 18.2 Å². The van der Waals surface area contributed by atoms with Crippen molar-refractivity contribution in [1.82, 2.24) is 14.9 Å². The van der Waals surface area contributed by atoms with Crippen molar-refractivity contribution < 1.29 is 0 Å². The van der Waals surface area contributed by atoms with E-state index >= 15 is 0 Å². The molecule has 1 N–H and O–H groups in total. The Morgan fingerprint density at radius 2 is 2.05 bits per heavy atom. The summed E-state index contributed by atoms with van der Waals surface area (Å²) in [5.41, 5.74) is 1.42. The molecule has 1 saturated carbocycles. The molecule has 106 valence electrons. The maximum atomic E-state index is 4.45. The fourth-order valence-electron chi connectivity index (χ4n) is 3.64. The molecule has 0 aromatic carbocycles. The van der Waals surface area contributed by atoms with Crippen LogP contribution in [-0.2, 0) is 0 Å². The molecule has 2 fully saturated rings. The zero-order valence-electron chi connectivity index (χ0n) is 11.8. The van der Waals surface area contributed by atoms with Crippen molar-refractivity contribution in [2.45, 2.75) is 62.3 Å². The standard InChI is InChI=1S/C15H25N3S/c1-19-15-8-3-2-7-13(15)18-11-16-10-14(18)12-6-4-5-9-17-12/h10-13,15,17H,2-9H2,1H3. The van der Waals surface area contributed by atoms with Crippen LogP contribution in [0.4, 0.5) is 0 Å². The number of nitrogens with zero attached hydrogens (tertiary/aromatic N) is 2. The fraction of sp³-hybridized carbons (Fsp3) is 0.800. The first-order valence-electron chi connectivity index (χ1n) is 7.68. The predicted molar refractivity (Wildman–Crippen MR) is 81.6 cm³/mol. The quantitative estimate of drug-likeness (QED) is 0.917. The van der Waals surface area contributed by atoms with Crippen molar-refractivity contribution in [3.63, 3.8) is 0 Å². The van der Waals surface area contributed by atoms with Crippen LogP contribution in [0.1, 0.15) is 62.7 Å². The van der Waals surface area contributed by atoms with Crippen LogP contribution in [-0.4, -0.2) is 27.6 Å². The van der Waals surface area contributed by atoms with E-state index in [2.05, 4.69) is 33.6 Å². The van der Waals surface area contributed by atoms with Crippen LogP contribution in [0.25, 0.3) is 0 Å². The van der Waals surface area contributed by atoms with Gasteiger partial charge in [-0.3, -0.25) is 0 Å². The van der Waals surface area contributed by atoms with Gasteiger partial charge in [0.1, 0.15) is 0 Å². The minimum Gasteiger partial charge on any atom is -0.329 e. The van der Waals surface area contributed by atoms with Gasteiger partial charge in [-0.15, -0.1) is 0 Å². The van der Waals surface area contributed by atoms with Gasteiger partial charge in [0.25, 0.3) is 0 Å². The van der Waals surface area contributed by atoms with Crippen LogP contribution in [0.5, 0.6) is 0 Å². The van der Waals surface area contributed by atoms with E-state index in [0.717, 1.165) is 11.8 Å². The zero-order chi connectivity index (χ0) is 13.1. The topological polar surface area (TPSA) is 29.9 Å². The molecule has 0 bridgehead atoms. The molecule has 0 radical (unpaired) electrons. The van der Waals surface area contributed by atoms with E-state index in [1.165, 1.54) is 50.6 Å². The van der Waals surface area contributed by atoms with E-state index in [0.29, 0.717) is 12.1 Å².